The first-order valence-electron chi connectivity index (χ1n) is 8.45. The summed E-state index contributed by atoms with van der Waals surface area (Å²) in [4.78, 5) is 13.7. The number of rotatable bonds is 4. The Morgan fingerprint density at radius 3 is 2.72 bits per heavy atom. The lowest BCUT2D eigenvalue weighted by Crippen LogP contribution is -2.36. The maximum Gasteiger partial charge on any atom is 0.220 e. The van der Waals surface area contributed by atoms with E-state index in [9.17, 15) is 9.90 Å². The van der Waals surface area contributed by atoms with Crippen molar-refractivity contribution in [2.45, 2.75) is 19.3 Å². The van der Waals surface area contributed by atoms with Gasteiger partial charge in [0.2, 0.25) is 5.91 Å². The second kappa shape index (κ2) is 7.38. The lowest BCUT2D eigenvalue weighted by Gasteiger charge is -2.33. The van der Waals surface area contributed by atoms with Gasteiger partial charge in [0.05, 0.1) is 11.4 Å². The largest absolute Gasteiger partial charge is 0.507 e. The van der Waals surface area contributed by atoms with Crippen molar-refractivity contribution in [3.8, 4) is 17.0 Å². The first-order valence-corrected chi connectivity index (χ1v) is 8.45. The highest BCUT2D eigenvalue weighted by atomic mass is 16.3. The molecule has 1 fully saturated rings. The van der Waals surface area contributed by atoms with E-state index in [1.165, 1.54) is 0 Å². The zero-order valence-corrected chi connectivity index (χ0v) is 14.3. The number of anilines is 2. The highest BCUT2D eigenvalue weighted by Gasteiger charge is 2.23. The molecule has 3 rings (SSSR count). The van der Waals surface area contributed by atoms with Crippen LogP contribution in [0.3, 0.4) is 0 Å². The normalized spacial score (nSPS) is 15.2. The van der Waals surface area contributed by atoms with E-state index in [0.717, 1.165) is 31.6 Å². The average molecular weight is 341 g/mol. The summed E-state index contributed by atoms with van der Waals surface area (Å²) in [6, 6.07) is 8.90. The third-order valence-corrected chi connectivity index (χ3v) is 4.69. The Hall–Kier alpha value is -2.83. The fourth-order valence-corrected chi connectivity index (χ4v) is 3.21. The van der Waals surface area contributed by atoms with Gasteiger partial charge in [-0.2, -0.15) is 0 Å². The summed E-state index contributed by atoms with van der Waals surface area (Å²) in [6.45, 7) is 1.63. The van der Waals surface area contributed by atoms with Crippen LogP contribution in [0.15, 0.2) is 30.3 Å². The maximum absolute atomic E-state index is 11.5. The molecule has 0 aliphatic carbocycles. The zero-order chi connectivity index (χ0) is 17.8. The first kappa shape index (κ1) is 17.0. The number of carbonyl (C=O) groups is 1. The summed E-state index contributed by atoms with van der Waals surface area (Å²) in [5.74, 6) is 1.02. The van der Waals surface area contributed by atoms with Gasteiger partial charge >= 0.3 is 0 Å². The minimum atomic E-state index is 0.0883. The molecule has 25 heavy (non-hydrogen) atoms. The van der Waals surface area contributed by atoms with E-state index in [-0.39, 0.29) is 11.7 Å². The van der Waals surface area contributed by atoms with Crippen molar-refractivity contribution < 1.29 is 9.90 Å². The molecular weight excluding hydrogens is 318 g/mol. The Kier molecular flexibility index (Phi) is 5.02. The Bertz CT molecular complexity index is 757. The highest BCUT2D eigenvalue weighted by Crippen LogP contribution is 2.33. The minimum absolute atomic E-state index is 0.0883. The number of aromatic nitrogens is 2. The molecular formula is C18H23N5O2. The third-order valence-electron chi connectivity index (χ3n) is 4.69. The standard InChI is InChI=1S/C18H23N5O2/c1-20-17(25)10-12-6-8-23(9-7-12)15-11-14(21-22-18(15)19)13-4-2-3-5-16(13)24/h2-5,11-12,24H,6-10H2,1H3,(H2,19,22)(H,20,25). The quantitative estimate of drug-likeness (QED) is 0.783. The number of nitrogens with two attached hydrogens (primary N) is 1. The van der Waals surface area contributed by atoms with E-state index in [2.05, 4.69) is 20.4 Å². The van der Waals surface area contributed by atoms with Gasteiger partial charge in [-0.05, 0) is 37.0 Å². The predicted molar refractivity (Wildman–Crippen MR) is 97.2 cm³/mol. The number of nitrogen functional groups attached to an aromatic ring is 1. The van der Waals surface area contributed by atoms with Gasteiger partial charge in [-0.25, -0.2) is 0 Å². The molecule has 2 heterocycles. The number of nitrogens with one attached hydrogen (secondary N) is 1. The van der Waals surface area contributed by atoms with Crippen molar-refractivity contribution in [3.05, 3.63) is 30.3 Å². The van der Waals surface area contributed by atoms with E-state index in [1.807, 2.05) is 12.1 Å². The molecule has 1 saturated heterocycles. The number of para-hydroxylation sites is 1. The van der Waals surface area contributed by atoms with Gasteiger partial charge in [0.15, 0.2) is 5.82 Å². The lowest BCUT2D eigenvalue weighted by molar-refractivity contribution is -0.121. The number of phenolic OH excluding ortho intramolecular Hbond substituents is 1. The SMILES string of the molecule is CNC(=O)CC1CCN(c2cc(-c3ccccc3O)nnc2N)CC1. The molecule has 1 aliphatic rings. The number of amides is 1. The highest BCUT2D eigenvalue weighted by molar-refractivity contribution is 5.76. The lowest BCUT2D eigenvalue weighted by atomic mass is 9.93. The summed E-state index contributed by atoms with van der Waals surface area (Å²) in [5, 5.41) is 20.9. The van der Waals surface area contributed by atoms with Crippen molar-refractivity contribution in [3.63, 3.8) is 0 Å². The van der Waals surface area contributed by atoms with Crippen LogP contribution in [0, 0.1) is 5.92 Å². The molecule has 0 bridgehead atoms. The second-order valence-electron chi connectivity index (χ2n) is 6.32. The van der Waals surface area contributed by atoms with E-state index in [1.54, 1.807) is 25.2 Å². The third kappa shape index (κ3) is 3.81. The zero-order valence-electron chi connectivity index (χ0n) is 14.3. The van der Waals surface area contributed by atoms with Gasteiger partial charge in [-0.15, -0.1) is 10.2 Å². The van der Waals surface area contributed by atoms with E-state index in [0.29, 0.717) is 29.4 Å². The molecule has 7 heteroatoms. The van der Waals surface area contributed by atoms with Gasteiger partial charge in [0, 0.05) is 32.1 Å². The van der Waals surface area contributed by atoms with Gasteiger partial charge in [-0.1, -0.05) is 12.1 Å². The van der Waals surface area contributed by atoms with Gasteiger partial charge in [-0.3, -0.25) is 4.79 Å². The van der Waals surface area contributed by atoms with Gasteiger partial charge in [0.1, 0.15) is 5.75 Å². The van der Waals surface area contributed by atoms with Gasteiger partial charge in [0.25, 0.3) is 0 Å². The molecule has 2 aromatic rings. The maximum atomic E-state index is 11.5. The van der Waals surface area contributed by atoms with Crippen LogP contribution < -0.4 is 16.0 Å². The molecule has 0 atom stereocenters. The smallest absolute Gasteiger partial charge is 0.220 e. The van der Waals surface area contributed by atoms with Crippen LogP contribution in [0.4, 0.5) is 11.5 Å². The Balaban J connectivity index is 1.76. The number of benzene rings is 1. The molecule has 132 valence electrons. The number of hydrogen-bond acceptors (Lipinski definition) is 6. The number of phenols is 1. The summed E-state index contributed by atoms with van der Waals surface area (Å²) < 4.78 is 0. The summed E-state index contributed by atoms with van der Waals surface area (Å²) >= 11 is 0. The number of piperidine rings is 1. The molecule has 0 saturated carbocycles. The van der Waals surface area contributed by atoms with Crippen LogP contribution >= 0.6 is 0 Å². The van der Waals surface area contributed by atoms with Crippen LogP contribution in [-0.4, -0.2) is 41.3 Å². The first-order chi connectivity index (χ1) is 12.1. The Morgan fingerprint density at radius 2 is 2.04 bits per heavy atom. The Morgan fingerprint density at radius 1 is 1.32 bits per heavy atom. The molecule has 1 aromatic heterocycles. The molecule has 1 amide bonds. The van der Waals surface area contributed by atoms with Crippen LogP contribution in [0.5, 0.6) is 5.75 Å². The van der Waals surface area contributed by atoms with Crippen molar-refractivity contribution in [2.24, 2.45) is 5.92 Å². The number of nitrogens with zero attached hydrogens (tertiary/aromatic N) is 3. The monoisotopic (exact) mass is 341 g/mol. The topological polar surface area (TPSA) is 104 Å². The Labute approximate surface area is 146 Å². The number of carbonyl (C=O) groups excluding carboxylic acids is 1. The molecule has 0 unspecified atom stereocenters. The summed E-state index contributed by atoms with van der Waals surface area (Å²) in [5.41, 5.74) is 8.08. The van der Waals surface area contributed by atoms with Crippen LogP contribution in [0.2, 0.25) is 0 Å². The van der Waals surface area contributed by atoms with Crippen molar-refractivity contribution >= 4 is 17.4 Å². The molecule has 1 aliphatic heterocycles. The fraction of sp³-hybridized carbons (Fsp3) is 0.389. The van der Waals surface area contributed by atoms with Crippen molar-refractivity contribution in [2.75, 3.05) is 30.8 Å². The number of aromatic hydroxyl groups is 1. The molecule has 7 nitrogen and oxygen atoms in total. The number of hydrogen-bond donors (Lipinski definition) is 3. The second-order valence-corrected chi connectivity index (χ2v) is 6.32. The van der Waals surface area contributed by atoms with Gasteiger partial charge < -0.3 is 21.1 Å². The van der Waals surface area contributed by atoms with Crippen LogP contribution in [0.25, 0.3) is 11.3 Å². The summed E-state index contributed by atoms with van der Waals surface area (Å²) in [6.07, 6.45) is 2.43. The minimum Gasteiger partial charge on any atom is -0.507 e. The molecule has 1 aromatic carbocycles. The summed E-state index contributed by atoms with van der Waals surface area (Å²) in [7, 11) is 1.67. The predicted octanol–water partition coefficient (Wildman–Crippen LogP) is 1.78. The average Bonchev–Trinajstić information content (AvgIpc) is 2.63. The van der Waals surface area contributed by atoms with E-state index < -0.39 is 0 Å². The molecule has 0 spiro atoms. The van der Waals surface area contributed by atoms with Crippen LogP contribution in [-0.2, 0) is 4.79 Å². The van der Waals surface area contributed by atoms with Crippen molar-refractivity contribution in [1.82, 2.24) is 15.5 Å². The molecule has 4 N–H and O–H groups in total. The van der Waals surface area contributed by atoms with E-state index in [4.69, 9.17) is 5.73 Å². The van der Waals surface area contributed by atoms with E-state index >= 15 is 0 Å². The van der Waals surface area contributed by atoms with Crippen molar-refractivity contribution in [1.29, 1.82) is 0 Å². The molecule has 0 radical (unpaired) electrons. The van der Waals surface area contributed by atoms with Crippen LogP contribution in [0.1, 0.15) is 19.3 Å². The fourth-order valence-electron chi connectivity index (χ4n) is 3.21.